The number of carboxylic acid groups (broad SMARTS) is 8. The molecular weight excluding hydrogens is 1680 g/mol. The molecule has 0 bridgehead atoms. The molecule has 22 nitrogen and oxygen atoms in total. The molecule has 0 atom stereocenters. The zero-order valence-electron chi connectivity index (χ0n) is 71.2. The average Bonchev–Trinajstić information content (AvgIpc) is 0.890. The van der Waals surface area contributed by atoms with Gasteiger partial charge in [-0.1, -0.05) is 238 Å². The molecule has 111 heavy (non-hydrogen) atoms. The molecule has 0 unspecified atom stereocenters. The second-order valence-electron chi connectivity index (χ2n) is 25.6. The molecule has 4 aromatic heterocycles. The second kappa shape index (κ2) is 99.6. The van der Waals surface area contributed by atoms with Crippen LogP contribution in [-0.4, -0.2) is 78.6 Å². The predicted molar refractivity (Wildman–Crippen MR) is 405 cm³/mol. The number of rotatable bonds is 42. The van der Waals surface area contributed by atoms with Crippen molar-refractivity contribution in [3.63, 3.8) is 0 Å². The standard InChI is InChI=1S/2C10H8N2.8C8H16O2.2H2O.5Zn/c2*1-3-7-11-9(5-1)10-6-2-4-8-12-10;8*1-3-5-7(6-4-2)8(9)10;;;;;;;/h2*1-8H;8*7H,3-6H2,1-2H3,(H,9,10);2*1H2;;;;;/q;;;;;;;;;;;;5*+2/p-10. The second-order valence-corrected chi connectivity index (χ2v) is 25.6. The molecule has 0 aliphatic carbocycles. The summed E-state index contributed by atoms with van der Waals surface area (Å²) in [6.07, 6.45) is 34.1. The van der Waals surface area contributed by atoms with Crippen molar-refractivity contribution in [3.05, 3.63) is 97.6 Å². The number of aromatic nitrogens is 4. The Balaban J connectivity index is -0.0000000869. The third kappa shape index (κ3) is 84.6. The van der Waals surface area contributed by atoms with Crippen molar-refractivity contribution in [2.45, 2.75) is 316 Å². The Morgan fingerprint density at radius 1 is 0.207 bits per heavy atom. The van der Waals surface area contributed by atoms with E-state index in [1.807, 2.05) is 184 Å². The molecule has 0 spiro atoms. The van der Waals surface area contributed by atoms with E-state index in [4.69, 9.17) is 0 Å². The summed E-state index contributed by atoms with van der Waals surface area (Å²) in [6.45, 7) is 31.9. The zero-order valence-corrected chi connectivity index (χ0v) is 86.1. The first-order valence-corrected chi connectivity index (χ1v) is 39.0. The maximum atomic E-state index is 10.4. The van der Waals surface area contributed by atoms with Gasteiger partial charge in [-0.25, -0.2) is 0 Å². The Morgan fingerprint density at radius 2 is 0.297 bits per heavy atom. The molecule has 0 aliphatic heterocycles. The van der Waals surface area contributed by atoms with Gasteiger partial charge < -0.3 is 90.2 Å². The van der Waals surface area contributed by atoms with Crippen LogP contribution in [-0.2, 0) is 136 Å². The molecule has 0 aromatic carbocycles. The fourth-order valence-electron chi connectivity index (χ4n) is 10.7. The molecule has 0 radical (unpaired) electrons. The minimum atomic E-state index is -0.885. The van der Waals surface area contributed by atoms with E-state index in [-0.39, 0.29) is 156 Å². The molecule has 0 fully saturated rings. The van der Waals surface area contributed by atoms with Gasteiger partial charge in [-0.2, -0.15) is 0 Å². The number of nitrogens with zero attached hydrogens (tertiary/aromatic N) is 4. The van der Waals surface area contributed by atoms with Crippen LogP contribution in [0.5, 0.6) is 0 Å². The average molecular weight is 1820 g/mol. The monoisotopic (exact) mass is 1810 g/mol. The third-order valence-electron chi connectivity index (χ3n) is 16.0. The quantitative estimate of drug-likeness (QED) is 0.0372. The number of carbonyl (C=O) groups excluding carboxylic acids is 8. The van der Waals surface area contributed by atoms with Crippen LogP contribution in [0, 0.1) is 47.3 Å². The molecule has 4 aromatic rings. The summed E-state index contributed by atoms with van der Waals surface area (Å²) >= 11 is 0. The summed E-state index contributed by atoms with van der Waals surface area (Å²) in [5, 5.41) is 82.9. The summed E-state index contributed by atoms with van der Waals surface area (Å²) in [5.41, 5.74) is 3.66. The van der Waals surface area contributed by atoms with Crippen molar-refractivity contribution in [2.24, 2.45) is 47.3 Å². The van der Waals surface area contributed by atoms with E-state index in [1.54, 1.807) is 24.8 Å². The number of aliphatic carboxylic acids is 8. The first-order valence-electron chi connectivity index (χ1n) is 39.0. The largest absolute Gasteiger partial charge is 2.00 e. The molecule has 0 amide bonds. The smallest absolute Gasteiger partial charge is 0.870 e. The van der Waals surface area contributed by atoms with E-state index >= 15 is 0 Å². The summed E-state index contributed by atoms with van der Waals surface area (Å²) in [6, 6.07) is 23.2. The van der Waals surface area contributed by atoms with Gasteiger partial charge in [0.2, 0.25) is 0 Å². The van der Waals surface area contributed by atoms with Crippen LogP contribution in [0.3, 0.4) is 0 Å². The summed E-state index contributed by atoms with van der Waals surface area (Å²) in [5.74, 6) is -8.79. The molecular formula is C84H138N4O18Zn5. The van der Waals surface area contributed by atoms with E-state index in [0.717, 1.165) is 228 Å². The van der Waals surface area contributed by atoms with Crippen molar-refractivity contribution in [1.29, 1.82) is 0 Å². The number of hydrogen-bond acceptors (Lipinski definition) is 22. The van der Waals surface area contributed by atoms with Gasteiger partial charge in [0.1, 0.15) is 0 Å². The van der Waals surface area contributed by atoms with Crippen LogP contribution in [0.15, 0.2) is 97.6 Å². The molecule has 4 rings (SSSR count). The van der Waals surface area contributed by atoms with Crippen LogP contribution in [0.4, 0.5) is 0 Å². The number of hydrogen-bond donors (Lipinski definition) is 0. The molecule has 0 aliphatic rings. The Hall–Kier alpha value is -4.60. The first kappa shape index (κ1) is 135. The SMILES string of the molecule is CCCC(CCC)C(=O)[O-].CCCC(CCC)C(=O)[O-].CCCC(CCC)C(=O)[O-].CCCC(CCC)C(=O)[O-].CCCC(CCC)C(=O)[O-].CCCC(CCC)C(=O)[O-].CCCC(CCC)C(=O)[O-].CCCC(CCC)C(=O)[O-].[OH-].[OH-].[Zn+2].[Zn+2].[Zn+2].[Zn+2].[Zn+2].c1ccc(-c2ccccn2)nc1.c1ccc(-c2ccccn2)nc1. The number of pyridine rings is 4. The summed E-state index contributed by atoms with van der Waals surface area (Å²) in [7, 11) is 0. The van der Waals surface area contributed by atoms with Crippen molar-refractivity contribution >= 4 is 47.8 Å². The van der Waals surface area contributed by atoms with E-state index in [1.165, 1.54) is 0 Å². The van der Waals surface area contributed by atoms with Crippen LogP contribution in [0.25, 0.3) is 22.8 Å². The van der Waals surface area contributed by atoms with E-state index in [0.29, 0.717) is 0 Å². The molecule has 0 saturated carbocycles. The predicted octanol–water partition coefficient (Wildman–Crippen LogP) is 11.5. The molecule has 2 N–H and O–H groups in total. The van der Waals surface area contributed by atoms with Gasteiger partial charge in [0.15, 0.2) is 0 Å². The maximum absolute atomic E-state index is 10.4. The fraction of sp³-hybridized carbons (Fsp3) is 0.667. The van der Waals surface area contributed by atoms with Crippen LogP contribution in [0.1, 0.15) is 316 Å². The van der Waals surface area contributed by atoms with Gasteiger partial charge in [0.25, 0.3) is 0 Å². The van der Waals surface area contributed by atoms with Crippen molar-refractivity contribution < 1.29 is 188 Å². The number of carboxylic acids is 8. The van der Waals surface area contributed by atoms with Gasteiger partial charge in [-0.05, 0) is 199 Å². The molecule has 27 heteroatoms. The van der Waals surface area contributed by atoms with Crippen molar-refractivity contribution in [2.75, 3.05) is 0 Å². The molecule has 612 valence electrons. The van der Waals surface area contributed by atoms with Gasteiger partial charge in [0, 0.05) is 72.5 Å². The Bertz CT molecular complexity index is 2150. The minimum Gasteiger partial charge on any atom is -0.870 e. The van der Waals surface area contributed by atoms with E-state index in [2.05, 4.69) is 19.9 Å². The van der Waals surface area contributed by atoms with Crippen LogP contribution < -0.4 is 40.9 Å². The summed E-state index contributed by atoms with van der Waals surface area (Å²) < 4.78 is 0. The maximum Gasteiger partial charge on any atom is 2.00 e. The Morgan fingerprint density at radius 3 is 0.351 bits per heavy atom. The zero-order chi connectivity index (χ0) is 80.3. The normalized spacial score (nSPS) is 9.51. The Labute approximate surface area is 733 Å². The van der Waals surface area contributed by atoms with Crippen LogP contribution >= 0.6 is 0 Å². The van der Waals surface area contributed by atoms with Crippen LogP contribution in [0.2, 0.25) is 0 Å². The minimum absolute atomic E-state index is 0. The van der Waals surface area contributed by atoms with Gasteiger partial charge in [-0.15, -0.1) is 0 Å². The van der Waals surface area contributed by atoms with Crippen molar-refractivity contribution in [1.82, 2.24) is 19.9 Å². The first-order chi connectivity index (χ1) is 49.7. The van der Waals surface area contributed by atoms with Gasteiger partial charge in [-0.3, -0.25) is 19.9 Å². The van der Waals surface area contributed by atoms with Crippen molar-refractivity contribution in [3.8, 4) is 22.8 Å². The third-order valence-corrected chi connectivity index (χ3v) is 16.0. The Kier molecular flexibility index (Phi) is 122. The van der Waals surface area contributed by atoms with Gasteiger partial charge >= 0.3 is 97.4 Å². The van der Waals surface area contributed by atoms with E-state index < -0.39 is 47.8 Å². The molecule has 4 heterocycles. The molecule has 0 saturated heterocycles. The number of carbonyl (C=O) groups is 8. The summed E-state index contributed by atoms with van der Waals surface area (Å²) in [4.78, 5) is 99.7. The fourth-order valence-corrected chi connectivity index (χ4v) is 10.7. The topological polar surface area (TPSA) is 433 Å². The van der Waals surface area contributed by atoms with E-state index in [9.17, 15) is 79.2 Å². The van der Waals surface area contributed by atoms with Gasteiger partial charge in [0.05, 0.1) is 22.8 Å².